The Morgan fingerprint density at radius 2 is 1.96 bits per heavy atom. The largest absolute Gasteiger partial charge is 0.462 e. The number of carbonyl (C=O) groups is 2. The van der Waals surface area contributed by atoms with E-state index in [1.165, 1.54) is 0 Å². The Labute approximate surface area is 172 Å². The van der Waals surface area contributed by atoms with E-state index in [9.17, 15) is 9.59 Å². The van der Waals surface area contributed by atoms with Crippen LogP contribution in [0.3, 0.4) is 0 Å². The molecule has 0 bridgehead atoms. The Hall–Kier alpha value is -2.41. The molecule has 1 atom stereocenters. The first-order valence-electron chi connectivity index (χ1n) is 9.44. The van der Waals surface area contributed by atoms with Gasteiger partial charge in [0.25, 0.3) is 0 Å². The zero-order valence-electron chi connectivity index (χ0n) is 17.3. The third-order valence-electron chi connectivity index (χ3n) is 4.53. The minimum Gasteiger partial charge on any atom is -0.462 e. The topological polar surface area (TPSA) is 70.7 Å². The lowest BCUT2D eigenvalue weighted by atomic mass is 9.94. The lowest BCUT2D eigenvalue weighted by Gasteiger charge is -2.35. The van der Waals surface area contributed by atoms with E-state index >= 15 is 0 Å². The van der Waals surface area contributed by atoms with E-state index in [1.807, 2.05) is 65.9 Å². The molecule has 1 aliphatic rings. The van der Waals surface area contributed by atoms with Crippen molar-refractivity contribution in [3.63, 3.8) is 0 Å². The van der Waals surface area contributed by atoms with E-state index in [0.29, 0.717) is 23.0 Å². The monoisotopic (exact) mass is 403 g/mol. The highest BCUT2D eigenvalue weighted by Crippen LogP contribution is 2.32. The van der Waals surface area contributed by atoms with Crippen LogP contribution in [0.25, 0.3) is 0 Å². The molecule has 1 aromatic carbocycles. The number of nitrogens with zero attached hydrogens (tertiary/aromatic N) is 1. The van der Waals surface area contributed by atoms with Crippen molar-refractivity contribution in [3.05, 3.63) is 41.1 Å². The van der Waals surface area contributed by atoms with Crippen LogP contribution in [-0.2, 0) is 14.3 Å². The van der Waals surface area contributed by atoms with Crippen molar-refractivity contribution in [2.75, 3.05) is 19.0 Å². The number of allylic oxidation sites excluding steroid dienone is 1. The lowest BCUT2D eigenvalue weighted by Crippen LogP contribution is -2.46. The number of ether oxygens (including phenoxy) is 1. The minimum absolute atomic E-state index is 0.0627. The van der Waals surface area contributed by atoms with Crippen molar-refractivity contribution >= 4 is 34.9 Å². The number of hydrogen-bond donors (Lipinski definition) is 2. The van der Waals surface area contributed by atoms with Crippen LogP contribution in [0.2, 0.25) is 0 Å². The van der Waals surface area contributed by atoms with E-state index in [-0.39, 0.29) is 23.7 Å². The maximum atomic E-state index is 12.8. The molecule has 152 valence electrons. The van der Waals surface area contributed by atoms with E-state index < -0.39 is 6.04 Å². The predicted molar refractivity (Wildman–Crippen MR) is 115 cm³/mol. The summed E-state index contributed by atoms with van der Waals surface area (Å²) < 4.78 is 5.50. The number of amides is 1. The average molecular weight is 404 g/mol. The fraction of sp³-hybridized carbons (Fsp3) is 0.476. The Balaban J connectivity index is 2.39. The molecule has 0 radical (unpaired) electrons. The molecule has 1 aromatic rings. The summed E-state index contributed by atoms with van der Waals surface area (Å²) in [6.07, 6.45) is 0. The summed E-state index contributed by atoms with van der Waals surface area (Å²) in [6, 6.07) is 6.99. The van der Waals surface area contributed by atoms with E-state index in [0.717, 1.165) is 11.3 Å². The Bertz CT molecular complexity index is 802. The zero-order valence-corrected chi connectivity index (χ0v) is 18.1. The average Bonchev–Trinajstić information content (AvgIpc) is 2.64. The number of benzene rings is 1. The first-order valence-corrected chi connectivity index (χ1v) is 9.85. The van der Waals surface area contributed by atoms with Gasteiger partial charge in [0, 0.05) is 24.4 Å². The van der Waals surface area contributed by atoms with Gasteiger partial charge in [0.2, 0.25) is 5.91 Å². The van der Waals surface area contributed by atoms with E-state index in [2.05, 4.69) is 10.6 Å². The molecule has 0 spiro atoms. The van der Waals surface area contributed by atoms with Crippen LogP contribution in [-0.4, -0.2) is 35.5 Å². The molecule has 1 aliphatic heterocycles. The molecule has 0 saturated heterocycles. The van der Waals surface area contributed by atoms with E-state index in [1.54, 1.807) is 4.90 Å². The van der Waals surface area contributed by atoms with Crippen LogP contribution in [0.5, 0.6) is 0 Å². The SMILES string of the molecule is CC1=C(C(=O)OCC(C)C)C(c2cccc(NC(=O)C(C)C)c2)NC(=S)N1C. The number of esters is 1. The Kier molecular flexibility index (Phi) is 7.18. The van der Waals surface area contributed by atoms with Gasteiger partial charge in [-0.1, -0.05) is 39.8 Å². The zero-order chi connectivity index (χ0) is 21.0. The first kappa shape index (κ1) is 21.9. The molecule has 0 fully saturated rings. The van der Waals surface area contributed by atoms with Crippen molar-refractivity contribution in [1.29, 1.82) is 0 Å². The van der Waals surface area contributed by atoms with Gasteiger partial charge in [0.1, 0.15) is 0 Å². The van der Waals surface area contributed by atoms with Crippen LogP contribution in [0.4, 0.5) is 5.69 Å². The summed E-state index contributed by atoms with van der Waals surface area (Å²) in [6.45, 7) is 9.87. The van der Waals surface area contributed by atoms with Crippen LogP contribution in [0.15, 0.2) is 35.5 Å². The molecule has 0 saturated carbocycles. The number of rotatable bonds is 6. The molecular weight excluding hydrogens is 374 g/mol. The summed E-state index contributed by atoms with van der Waals surface area (Å²) in [7, 11) is 1.82. The molecule has 2 rings (SSSR count). The second-order valence-corrected chi connectivity index (χ2v) is 8.09. The van der Waals surface area contributed by atoms with E-state index in [4.69, 9.17) is 17.0 Å². The minimum atomic E-state index is -0.445. The van der Waals surface area contributed by atoms with Crippen LogP contribution >= 0.6 is 12.2 Å². The third-order valence-corrected chi connectivity index (χ3v) is 4.93. The van der Waals surface area contributed by atoms with Gasteiger partial charge in [-0.15, -0.1) is 0 Å². The number of carbonyl (C=O) groups excluding carboxylic acids is 2. The van der Waals surface area contributed by atoms with Crippen molar-refractivity contribution < 1.29 is 14.3 Å². The highest BCUT2D eigenvalue weighted by atomic mass is 32.1. The fourth-order valence-corrected chi connectivity index (χ4v) is 3.01. The lowest BCUT2D eigenvalue weighted by molar-refractivity contribution is -0.140. The maximum absolute atomic E-state index is 12.8. The highest BCUT2D eigenvalue weighted by Gasteiger charge is 2.33. The number of anilines is 1. The van der Waals surface area contributed by atoms with Gasteiger partial charge < -0.3 is 20.3 Å². The van der Waals surface area contributed by atoms with Gasteiger partial charge in [-0.2, -0.15) is 0 Å². The normalized spacial score (nSPS) is 17.1. The second kappa shape index (κ2) is 9.19. The van der Waals surface area contributed by atoms with Crippen molar-refractivity contribution in [1.82, 2.24) is 10.2 Å². The molecule has 28 heavy (non-hydrogen) atoms. The number of nitrogens with one attached hydrogen (secondary N) is 2. The van der Waals surface area contributed by atoms with Crippen molar-refractivity contribution in [2.24, 2.45) is 11.8 Å². The summed E-state index contributed by atoms with van der Waals surface area (Å²) in [5, 5.41) is 6.64. The molecule has 7 heteroatoms. The number of hydrogen-bond acceptors (Lipinski definition) is 4. The molecule has 1 amide bonds. The van der Waals surface area contributed by atoms with Crippen molar-refractivity contribution in [3.8, 4) is 0 Å². The number of thiocarbonyl (C=S) groups is 1. The second-order valence-electron chi connectivity index (χ2n) is 7.70. The Morgan fingerprint density at radius 1 is 1.29 bits per heavy atom. The molecule has 0 aliphatic carbocycles. The van der Waals surface area contributed by atoms with Gasteiger partial charge >= 0.3 is 5.97 Å². The predicted octanol–water partition coefficient (Wildman–Crippen LogP) is 3.62. The maximum Gasteiger partial charge on any atom is 0.338 e. The fourth-order valence-electron chi connectivity index (χ4n) is 2.75. The molecule has 6 nitrogen and oxygen atoms in total. The highest BCUT2D eigenvalue weighted by molar-refractivity contribution is 7.80. The van der Waals surface area contributed by atoms with Crippen molar-refractivity contribution in [2.45, 2.75) is 40.7 Å². The standard InChI is InChI=1S/C21H29N3O3S/c1-12(2)11-27-20(26)17-14(5)24(6)21(28)23-18(17)15-8-7-9-16(10-15)22-19(25)13(3)4/h7-10,12-13,18H,11H2,1-6H3,(H,22,25)(H,23,28). The molecular formula is C21H29N3O3S. The molecule has 2 N–H and O–H groups in total. The van der Waals surface area contributed by atoms with Crippen LogP contribution in [0, 0.1) is 11.8 Å². The smallest absolute Gasteiger partial charge is 0.338 e. The summed E-state index contributed by atoms with van der Waals surface area (Å²) in [4.78, 5) is 26.6. The first-order chi connectivity index (χ1) is 13.1. The van der Waals surface area contributed by atoms with Gasteiger partial charge in [0.05, 0.1) is 18.2 Å². The third kappa shape index (κ3) is 5.10. The molecule has 1 unspecified atom stereocenters. The quantitative estimate of drug-likeness (QED) is 0.558. The summed E-state index contributed by atoms with van der Waals surface area (Å²) in [5.74, 6) is -0.309. The van der Waals surface area contributed by atoms with Gasteiger partial charge in [-0.3, -0.25) is 4.79 Å². The van der Waals surface area contributed by atoms with Gasteiger partial charge in [-0.25, -0.2) is 4.79 Å². The van der Waals surface area contributed by atoms with Crippen LogP contribution < -0.4 is 10.6 Å². The molecule has 0 aromatic heterocycles. The summed E-state index contributed by atoms with van der Waals surface area (Å²) >= 11 is 5.42. The van der Waals surface area contributed by atoms with Gasteiger partial charge in [0.15, 0.2) is 5.11 Å². The molecule has 1 heterocycles. The summed E-state index contributed by atoms with van der Waals surface area (Å²) in [5.41, 5.74) is 2.77. The van der Waals surface area contributed by atoms with Crippen LogP contribution in [0.1, 0.15) is 46.2 Å². The Morgan fingerprint density at radius 3 is 2.57 bits per heavy atom. The van der Waals surface area contributed by atoms with Gasteiger partial charge in [-0.05, 0) is 42.8 Å².